The Balaban J connectivity index is 2.67. The highest BCUT2D eigenvalue weighted by Crippen LogP contribution is 2.34. The summed E-state index contributed by atoms with van der Waals surface area (Å²) >= 11 is 0. The summed E-state index contributed by atoms with van der Waals surface area (Å²) in [4.78, 5) is 23.9. The second-order valence-electron chi connectivity index (χ2n) is 6.22. The van der Waals surface area contributed by atoms with Gasteiger partial charge in [-0.1, -0.05) is 31.6 Å². The van der Waals surface area contributed by atoms with Crippen molar-refractivity contribution in [3.63, 3.8) is 0 Å². The molecule has 0 bridgehead atoms. The maximum absolute atomic E-state index is 12.2. The zero-order valence-corrected chi connectivity index (χ0v) is 15.7. The second kappa shape index (κ2) is 8.52. The van der Waals surface area contributed by atoms with Gasteiger partial charge in [0.15, 0.2) is 0 Å². The first-order valence-corrected chi connectivity index (χ1v) is 8.77. The predicted molar refractivity (Wildman–Crippen MR) is 103 cm³/mol. The number of benzene rings is 1. The molecule has 2 aromatic rings. The normalized spacial score (nSPS) is 10.6. The number of allylic oxidation sites excluding steroid dienone is 1. The van der Waals surface area contributed by atoms with E-state index in [-0.39, 0.29) is 0 Å². The Labute approximate surface area is 154 Å². The Bertz CT molecular complexity index is 817. The predicted octanol–water partition coefficient (Wildman–Crippen LogP) is 3.88. The second-order valence-corrected chi connectivity index (χ2v) is 6.22. The molecule has 0 aliphatic carbocycles. The van der Waals surface area contributed by atoms with Crippen LogP contribution in [0.5, 0.6) is 0 Å². The Morgan fingerprint density at radius 3 is 2.42 bits per heavy atom. The topological polar surface area (TPSA) is 74.3 Å². The quantitative estimate of drug-likeness (QED) is 0.577. The molecule has 0 aliphatic heterocycles. The average Bonchev–Trinajstić information content (AvgIpc) is 2.92. The lowest BCUT2D eigenvalue weighted by molar-refractivity contribution is 0.0600. The van der Waals surface area contributed by atoms with Crippen LogP contribution in [-0.2, 0) is 17.7 Å². The van der Waals surface area contributed by atoms with E-state index in [9.17, 15) is 9.59 Å². The molecule has 0 atom stereocenters. The van der Waals surface area contributed by atoms with Crippen LogP contribution in [0.25, 0.3) is 11.1 Å². The van der Waals surface area contributed by atoms with Crippen LogP contribution < -0.4 is 5.73 Å². The minimum Gasteiger partial charge on any atom is -0.465 e. The fourth-order valence-corrected chi connectivity index (χ4v) is 3.28. The molecular weight excluding hydrogens is 328 g/mol. The molecule has 5 nitrogen and oxygen atoms in total. The Kier molecular flexibility index (Phi) is 6.39. The minimum absolute atomic E-state index is 0.390. The van der Waals surface area contributed by atoms with E-state index in [0.29, 0.717) is 17.7 Å². The molecule has 1 aromatic heterocycles. The first-order valence-electron chi connectivity index (χ1n) is 8.77. The van der Waals surface area contributed by atoms with Crippen LogP contribution in [0.4, 0.5) is 0 Å². The molecule has 0 aliphatic rings. The van der Waals surface area contributed by atoms with Gasteiger partial charge in [-0.15, -0.1) is 6.58 Å². The lowest BCUT2D eigenvalue weighted by Gasteiger charge is -2.11. The number of amides is 1. The zero-order chi connectivity index (χ0) is 19.3. The highest BCUT2D eigenvalue weighted by Gasteiger charge is 2.24. The molecule has 0 unspecified atom stereocenters. The third-order valence-corrected chi connectivity index (χ3v) is 4.55. The van der Waals surface area contributed by atoms with Gasteiger partial charge >= 0.3 is 5.97 Å². The molecule has 138 valence electrons. The van der Waals surface area contributed by atoms with E-state index in [1.807, 2.05) is 25.1 Å². The van der Waals surface area contributed by atoms with Crippen LogP contribution >= 0.6 is 0 Å². The van der Waals surface area contributed by atoms with Gasteiger partial charge in [-0.3, -0.25) is 4.79 Å². The van der Waals surface area contributed by atoms with Gasteiger partial charge in [-0.2, -0.15) is 0 Å². The number of hydrogen-bond donors (Lipinski definition) is 1. The summed E-state index contributed by atoms with van der Waals surface area (Å²) in [6, 6.07) is 7.08. The van der Waals surface area contributed by atoms with Crippen LogP contribution in [0, 0.1) is 6.92 Å². The van der Waals surface area contributed by atoms with Crippen LogP contribution in [0.15, 0.2) is 36.9 Å². The van der Waals surface area contributed by atoms with Crippen LogP contribution in [-0.4, -0.2) is 23.6 Å². The van der Waals surface area contributed by atoms with Crippen LogP contribution in [0.1, 0.15) is 51.9 Å². The molecule has 2 rings (SSSR count). The number of unbranched alkanes of at least 4 members (excludes halogenated alkanes) is 1. The standard InChI is InChI=1S/C21H26N2O3/c1-5-7-8-17-19(15-9-11-16(12-10-15)21(25)26-4)18(20(22)24)14(3)23(17)13-6-2/h6,9-12H,2,5,7-8,13H2,1,3-4H3,(H2,22,24). The fraction of sp³-hybridized carbons (Fsp3) is 0.333. The molecule has 2 N–H and O–H groups in total. The van der Waals surface area contributed by atoms with Crippen molar-refractivity contribution in [3.05, 3.63) is 59.4 Å². The molecule has 0 spiro atoms. The van der Waals surface area contributed by atoms with E-state index in [0.717, 1.165) is 41.8 Å². The Hall–Kier alpha value is -2.82. The third-order valence-electron chi connectivity index (χ3n) is 4.55. The first kappa shape index (κ1) is 19.5. The van der Waals surface area contributed by atoms with Crippen molar-refractivity contribution in [2.24, 2.45) is 5.73 Å². The molecular formula is C21H26N2O3. The van der Waals surface area contributed by atoms with Gasteiger partial charge in [0.05, 0.1) is 18.2 Å². The lowest BCUT2D eigenvalue weighted by atomic mass is 9.96. The molecule has 5 heteroatoms. The molecule has 1 amide bonds. The number of hydrogen-bond acceptors (Lipinski definition) is 3. The number of nitrogens with two attached hydrogens (primary N) is 1. The number of primary amides is 1. The van der Waals surface area contributed by atoms with E-state index in [1.165, 1.54) is 7.11 Å². The highest BCUT2D eigenvalue weighted by atomic mass is 16.5. The number of esters is 1. The van der Waals surface area contributed by atoms with Gasteiger partial charge in [0.2, 0.25) is 0 Å². The summed E-state index contributed by atoms with van der Waals surface area (Å²) < 4.78 is 6.85. The Morgan fingerprint density at radius 2 is 1.92 bits per heavy atom. The number of aromatic nitrogens is 1. The Morgan fingerprint density at radius 1 is 1.27 bits per heavy atom. The number of nitrogens with zero attached hydrogens (tertiary/aromatic N) is 1. The number of ether oxygens (including phenoxy) is 1. The summed E-state index contributed by atoms with van der Waals surface area (Å²) in [5.74, 6) is -0.839. The summed E-state index contributed by atoms with van der Waals surface area (Å²) in [5, 5.41) is 0. The summed E-state index contributed by atoms with van der Waals surface area (Å²) in [7, 11) is 1.35. The van der Waals surface area contributed by atoms with E-state index < -0.39 is 11.9 Å². The number of carbonyl (C=O) groups is 2. The summed E-state index contributed by atoms with van der Waals surface area (Å²) in [5.41, 5.74) is 10.3. The zero-order valence-electron chi connectivity index (χ0n) is 15.7. The minimum atomic E-state index is -0.449. The molecule has 1 aromatic carbocycles. The maximum Gasteiger partial charge on any atom is 0.337 e. The summed E-state index contributed by atoms with van der Waals surface area (Å²) in [6.45, 7) is 8.48. The molecule has 26 heavy (non-hydrogen) atoms. The van der Waals surface area contributed by atoms with Gasteiger partial charge < -0.3 is 15.0 Å². The smallest absolute Gasteiger partial charge is 0.337 e. The maximum atomic E-state index is 12.2. The van der Waals surface area contributed by atoms with Gasteiger partial charge in [0.1, 0.15) is 0 Å². The molecule has 0 fully saturated rings. The largest absolute Gasteiger partial charge is 0.465 e. The van der Waals surface area contributed by atoms with Gasteiger partial charge in [0.25, 0.3) is 5.91 Å². The SMILES string of the molecule is C=CCn1c(C)c(C(N)=O)c(-c2ccc(C(=O)OC)cc2)c1CCCC. The molecule has 0 radical (unpaired) electrons. The molecule has 1 heterocycles. The fourth-order valence-electron chi connectivity index (χ4n) is 3.28. The van der Waals surface area contributed by atoms with Crippen molar-refractivity contribution in [1.82, 2.24) is 4.57 Å². The molecule has 0 saturated heterocycles. The first-order chi connectivity index (χ1) is 12.5. The van der Waals surface area contributed by atoms with Crippen LogP contribution in [0.2, 0.25) is 0 Å². The van der Waals surface area contributed by atoms with Crippen molar-refractivity contribution >= 4 is 11.9 Å². The van der Waals surface area contributed by atoms with Crippen molar-refractivity contribution < 1.29 is 14.3 Å². The number of methoxy groups -OCH3 is 1. The van der Waals surface area contributed by atoms with E-state index in [4.69, 9.17) is 10.5 Å². The van der Waals surface area contributed by atoms with Gasteiger partial charge in [-0.25, -0.2) is 4.79 Å². The monoisotopic (exact) mass is 354 g/mol. The molecule has 0 saturated carbocycles. The number of rotatable bonds is 8. The van der Waals surface area contributed by atoms with E-state index in [2.05, 4.69) is 18.1 Å². The van der Waals surface area contributed by atoms with Gasteiger partial charge in [-0.05, 0) is 37.5 Å². The third kappa shape index (κ3) is 3.72. The summed E-state index contributed by atoms with van der Waals surface area (Å²) in [6.07, 6.45) is 4.71. The van der Waals surface area contributed by atoms with Crippen molar-refractivity contribution in [3.8, 4) is 11.1 Å². The van der Waals surface area contributed by atoms with E-state index in [1.54, 1.807) is 12.1 Å². The van der Waals surface area contributed by atoms with Crippen LogP contribution in [0.3, 0.4) is 0 Å². The van der Waals surface area contributed by atoms with Crippen molar-refractivity contribution in [2.45, 2.75) is 39.7 Å². The average molecular weight is 354 g/mol. The van der Waals surface area contributed by atoms with Gasteiger partial charge in [0, 0.05) is 23.5 Å². The lowest BCUT2D eigenvalue weighted by Crippen LogP contribution is -2.13. The highest BCUT2D eigenvalue weighted by molar-refractivity contribution is 6.02. The van der Waals surface area contributed by atoms with Crippen molar-refractivity contribution in [1.29, 1.82) is 0 Å². The number of carbonyl (C=O) groups excluding carboxylic acids is 2. The van der Waals surface area contributed by atoms with E-state index >= 15 is 0 Å². The van der Waals surface area contributed by atoms with Crippen molar-refractivity contribution in [2.75, 3.05) is 7.11 Å².